The average molecular weight is 205 g/mol. The van der Waals surface area contributed by atoms with E-state index in [1.807, 2.05) is 31.2 Å². The van der Waals surface area contributed by atoms with Gasteiger partial charge in [-0.25, -0.2) is 0 Å². The van der Waals surface area contributed by atoms with Crippen molar-refractivity contribution in [1.82, 2.24) is 0 Å². The van der Waals surface area contributed by atoms with Gasteiger partial charge in [-0.1, -0.05) is 18.2 Å². The van der Waals surface area contributed by atoms with E-state index in [0.29, 0.717) is 6.61 Å². The molecule has 3 heteroatoms. The monoisotopic (exact) mass is 205 g/mol. The van der Waals surface area contributed by atoms with Crippen LogP contribution in [0, 0.1) is 0 Å². The molecule has 0 saturated carbocycles. The zero-order chi connectivity index (χ0) is 10.7. The summed E-state index contributed by atoms with van der Waals surface area (Å²) in [6, 6.07) is 7.92. The first-order valence-corrected chi connectivity index (χ1v) is 5.32. The van der Waals surface area contributed by atoms with Crippen molar-refractivity contribution >= 4 is 11.7 Å². The number of hydrogen-bond donors (Lipinski definition) is 1. The number of hydrogen-bond acceptors (Lipinski definition) is 3. The molecule has 1 aliphatic rings. The second-order valence-corrected chi connectivity index (χ2v) is 3.61. The van der Waals surface area contributed by atoms with Gasteiger partial charge in [0.2, 0.25) is 0 Å². The fourth-order valence-corrected chi connectivity index (χ4v) is 1.96. The predicted molar refractivity (Wildman–Crippen MR) is 58.9 cm³/mol. The fraction of sp³-hybridized carbons (Fsp3) is 0.417. The number of esters is 1. The molecule has 0 spiro atoms. The van der Waals surface area contributed by atoms with Crippen molar-refractivity contribution in [1.29, 1.82) is 0 Å². The van der Waals surface area contributed by atoms with Crippen molar-refractivity contribution < 1.29 is 9.53 Å². The second-order valence-electron chi connectivity index (χ2n) is 3.61. The molecule has 1 aromatic carbocycles. The van der Waals surface area contributed by atoms with Crippen LogP contribution >= 0.6 is 0 Å². The highest BCUT2D eigenvalue weighted by Gasteiger charge is 2.26. The molecule has 1 N–H and O–H groups in total. The molecule has 0 saturated heterocycles. The van der Waals surface area contributed by atoms with Gasteiger partial charge in [0, 0.05) is 12.2 Å². The second kappa shape index (κ2) is 4.34. The minimum absolute atomic E-state index is 0.0950. The number of rotatable bonds is 2. The molecule has 1 aliphatic heterocycles. The first-order chi connectivity index (χ1) is 7.33. The Morgan fingerprint density at radius 3 is 3.13 bits per heavy atom. The number of carbonyl (C=O) groups is 1. The summed E-state index contributed by atoms with van der Waals surface area (Å²) in [6.45, 7) is 3.12. The maximum Gasteiger partial charge on any atom is 0.313 e. The van der Waals surface area contributed by atoms with Crippen LogP contribution in [0.25, 0.3) is 0 Å². The first-order valence-electron chi connectivity index (χ1n) is 5.32. The number of fused-ring (bicyclic) bond motifs is 1. The normalized spacial score (nSPS) is 18.9. The van der Waals surface area contributed by atoms with Gasteiger partial charge in [-0.05, 0) is 25.0 Å². The van der Waals surface area contributed by atoms with E-state index < -0.39 is 0 Å². The summed E-state index contributed by atoms with van der Waals surface area (Å²) >= 11 is 0. The largest absolute Gasteiger partial charge is 0.466 e. The predicted octanol–water partition coefficient (Wildman–Crippen LogP) is 2.15. The molecule has 1 aromatic rings. The minimum atomic E-state index is -0.105. The van der Waals surface area contributed by atoms with Crippen molar-refractivity contribution in [2.24, 2.45) is 0 Å². The number of benzene rings is 1. The van der Waals surface area contributed by atoms with Gasteiger partial charge in [0.15, 0.2) is 0 Å². The van der Waals surface area contributed by atoms with E-state index >= 15 is 0 Å². The Hall–Kier alpha value is -1.51. The lowest BCUT2D eigenvalue weighted by Crippen LogP contribution is -2.24. The van der Waals surface area contributed by atoms with E-state index in [1.165, 1.54) is 0 Å². The van der Waals surface area contributed by atoms with E-state index in [2.05, 4.69) is 5.32 Å². The van der Waals surface area contributed by atoms with Gasteiger partial charge < -0.3 is 10.1 Å². The van der Waals surface area contributed by atoms with Crippen molar-refractivity contribution in [2.75, 3.05) is 18.5 Å². The van der Waals surface area contributed by atoms with Crippen LogP contribution in [0.5, 0.6) is 0 Å². The number of nitrogens with one attached hydrogen (secondary N) is 1. The van der Waals surface area contributed by atoms with Crippen LogP contribution in [0.1, 0.15) is 24.8 Å². The summed E-state index contributed by atoms with van der Waals surface area (Å²) in [4.78, 5) is 11.7. The minimum Gasteiger partial charge on any atom is -0.466 e. The summed E-state index contributed by atoms with van der Waals surface area (Å²) < 4.78 is 5.07. The molecule has 1 heterocycles. The molecular formula is C12H15NO2. The standard InChI is InChI=1S/C12H15NO2/c1-2-15-12(14)10-7-8-13-11-6-4-3-5-9(10)11/h3-6,10,13H,2,7-8H2,1H3/t10-/m1/s1. The van der Waals surface area contributed by atoms with Gasteiger partial charge in [-0.15, -0.1) is 0 Å². The van der Waals surface area contributed by atoms with Gasteiger partial charge in [0.25, 0.3) is 0 Å². The molecule has 2 rings (SSSR count). The third-order valence-electron chi connectivity index (χ3n) is 2.66. The molecule has 0 aliphatic carbocycles. The summed E-state index contributed by atoms with van der Waals surface area (Å²) in [7, 11) is 0. The molecule has 0 unspecified atom stereocenters. The molecule has 0 amide bonds. The molecule has 1 atom stereocenters. The fourth-order valence-electron chi connectivity index (χ4n) is 1.96. The quantitative estimate of drug-likeness (QED) is 0.752. The van der Waals surface area contributed by atoms with Gasteiger partial charge in [-0.3, -0.25) is 4.79 Å². The van der Waals surface area contributed by atoms with E-state index in [4.69, 9.17) is 4.74 Å². The first kappa shape index (κ1) is 10.0. The molecule has 3 nitrogen and oxygen atoms in total. The van der Waals surface area contributed by atoms with Crippen molar-refractivity contribution in [3.63, 3.8) is 0 Å². The Bertz CT molecular complexity index is 362. The van der Waals surface area contributed by atoms with Crippen LogP contribution in [0.4, 0.5) is 5.69 Å². The van der Waals surface area contributed by atoms with E-state index in [0.717, 1.165) is 24.2 Å². The summed E-state index contributed by atoms with van der Waals surface area (Å²) in [5.41, 5.74) is 2.11. The maximum absolute atomic E-state index is 11.7. The third kappa shape index (κ3) is 1.96. The molecule has 0 aromatic heterocycles. The summed E-state index contributed by atoms with van der Waals surface area (Å²) in [6.07, 6.45) is 0.815. The lowest BCUT2D eigenvalue weighted by molar-refractivity contribution is -0.145. The van der Waals surface area contributed by atoms with Gasteiger partial charge in [-0.2, -0.15) is 0 Å². The van der Waals surface area contributed by atoms with Crippen LogP contribution in [0.2, 0.25) is 0 Å². The van der Waals surface area contributed by atoms with Crippen LogP contribution in [0.3, 0.4) is 0 Å². The Labute approximate surface area is 89.4 Å². The highest BCUT2D eigenvalue weighted by molar-refractivity contribution is 5.81. The Morgan fingerprint density at radius 1 is 1.53 bits per heavy atom. The van der Waals surface area contributed by atoms with Crippen molar-refractivity contribution in [2.45, 2.75) is 19.3 Å². The number of carbonyl (C=O) groups excluding carboxylic acids is 1. The van der Waals surface area contributed by atoms with Gasteiger partial charge >= 0.3 is 5.97 Å². The van der Waals surface area contributed by atoms with Gasteiger partial charge in [0.05, 0.1) is 12.5 Å². The lowest BCUT2D eigenvalue weighted by Gasteiger charge is -2.24. The Balaban J connectivity index is 2.25. The molecule has 80 valence electrons. The zero-order valence-electron chi connectivity index (χ0n) is 8.82. The topological polar surface area (TPSA) is 38.3 Å². The summed E-state index contributed by atoms with van der Waals surface area (Å²) in [5.74, 6) is -0.200. The Kier molecular flexibility index (Phi) is 2.90. The third-order valence-corrected chi connectivity index (χ3v) is 2.66. The highest BCUT2D eigenvalue weighted by atomic mass is 16.5. The number of ether oxygens (including phenoxy) is 1. The summed E-state index contributed by atoms with van der Waals surface area (Å²) in [5, 5.41) is 3.28. The molecule has 15 heavy (non-hydrogen) atoms. The van der Waals surface area contributed by atoms with E-state index in [9.17, 15) is 4.79 Å². The maximum atomic E-state index is 11.7. The number of anilines is 1. The smallest absolute Gasteiger partial charge is 0.313 e. The highest BCUT2D eigenvalue weighted by Crippen LogP contribution is 2.31. The van der Waals surface area contributed by atoms with Crippen LogP contribution in [0.15, 0.2) is 24.3 Å². The van der Waals surface area contributed by atoms with Crippen molar-refractivity contribution in [3.05, 3.63) is 29.8 Å². The lowest BCUT2D eigenvalue weighted by atomic mass is 9.91. The molecule has 0 fully saturated rings. The Morgan fingerprint density at radius 2 is 2.33 bits per heavy atom. The van der Waals surface area contributed by atoms with Crippen LogP contribution in [-0.2, 0) is 9.53 Å². The number of para-hydroxylation sites is 1. The molecule has 0 radical (unpaired) electrons. The molecular weight excluding hydrogens is 190 g/mol. The van der Waals surface area contributed by atoms with Gasteiger partial charge in [0.1, 0.15) is 0 Å². The average Bonchev–Trinajstić information content (AvgIpc) is 2.28. The van der Waals surface area contributed by atoms with Crippen LogP contribution < -0.4 is 5.32 Å². The van der Waals surface area contributed by atoms with Crippen molar-refractivity contribution in [3.8, 4) is 0 Å². The van der Waals surface area contributed by atoms with E-state index in [1.54, 1.807) is 0 Å². The SMILES string of the molecule is CCOC(=O)[C@@H]1CCNc2ccccc21. The van der Waals surface area contributed by atoms with E-state index in [-0.39, 0.29) is 11.9 Å². The van der Waals surface area contributed by atoms with Crippen LogP contribution in [-0.4, -0.2) is 19.1 Å². The zero-order valence-corrected chi connectivity index (χ0v) is 8.82. The molecule has 0 bridgehead atoms.